The molecule has 3 atom stereocenters. The molecule has 3 rings (SSSR count). The minimum Gasteiger partial charge on any atom is -0.508 e. The van der Waals surface area contributed by atoms with Gasteiger partial charge in [-0.25, -0.2) is 14.4 Å². The molecule has 0 radical (unpaired) electrons. The Labute approximate surface area is 375 Å². The molecule has 19 nitrogen and oxygen atoms in total. The van der Waals surface area contributed by atoms with Gasteiger partial charge in [0.15, 0.2) is 0 Å². The van der Waals surface area contributed by atoms with Crippen LogP contribution in [-0.4, -0.2) is 125 Å². The summed E-state index contributed by atoms with van der Waals surface area (Å²) in [5.74, 6) is -2.61. The van der Waals surface area contributed by atoms with Crippen LogP contribution in [0.25, 0.3) is 11.1 Å². The van der Waals surface area contributed by atoms with E-state index in [-0.39, 0.29) is 62.5 Å². The first-order valence-corrected chi connectivity index (χ1v) is 21.4. The van der Waals surface area contributed by atoms with Crippen molar-refractivity contribution in [2.75, 3.05) is 32.7 Å². The minimum absolute atomic E-state index is 0.0340. The summed E-state index contributed by atoms with van der Waals surface area (Å²) in [4.78, 5) is 93.3. The van der Waals surface area contributed by atoms with Gasteiger partial charge < -0.3 is 61.2 Å². The Balaban J connectivity index is 1.79. The quantitative estimate of drug-likeness (QED) is 0.0827. The zero-order chi connectivity index (χ0) is 48.0. The maximum atomic E-state index is 14.2. The highest BCUT2D eigenvalue weighted by atomic mass is 16.6. The molecule has 0 bridgehead atoms. The van der Waals surface area contributed by atoms with E-state index < -0.39 is 83.4 Å². The molecule has 1 fully saturated rings. The lowest BCUT2D eigenvalue weighted by Gasteiger charge is -2.26. The molecule has 0 spiro atoms. The molecule has 1 heterocycles. The van der Waals surface area contributed by atoms with Gasteiger partial charge >= 0.3 is 18.3 Å². The SMILES string of the molecule is Cc1cc(-c2ccc(O)c(CC(NC(=O)OC(C)(C)C)C(=O)N[C@@H](CCCNC(=O)OC(C)(C)C)C(=O)NCC(=O)N3CCC[C@H]3C(=O)NCCNC(=O)OC(C)(C)C)c2)ccc1O. The summed E-state index contributed by atoms with van der Waals surface area (Å²) in [5, 5.41) is 36.7. The number of hydrogen-bond donors (Lipinski definition) is 8. The van der Waals surface area contributed by atoms with Gasteiger partial charge in [-0.1, -0.05) is 12.1 Å². The number of nitrogens with zero attached hydrogens (tertiary/aromatic N) is 1. The average Bonchev–Trinajstić information content (AvgIpc) is 3.66. The number of nitrogens with one attached hydrogen (secondary N) is 6. The van der Waals surface area contributed by atoms with E-state index in [1.807, 2.05) is 0 Å². The van der Waals surface area contributed by atoms with Gasteiger partial charge in [-0.3, -0.25) is 19.2 Å². The van der Waals surface area contributed by atoms with Crippen molar-refractivity contribution in [3.63, 3.8) is 0 Å². The number of amides is 7. The van der Waals surface area contributed by atoms with Crippen molar-refractivity contribution in [2.24, 2.45) is 0 Å². The van der Waals surface area contributed by atoms with Crippen LogP contribution in [0.5, 0.6) is 11.5 Å². The van der Waals surface area contributed by atoms with Crippen molar-refractivity contribution in [3.8, 4) is 22.6 Å². The van der Waals surface area contributed by atoms with E-state index in [0.717, 1.165) is 5.56 Å². The number of phenols is 2. The topological polar surface area (TPSA) is 263 Å². The van der Waals surface area contributed by atoms with Gasteiger partial charge in [-0.2, -0.15) is 0 Å². The standard InChI is InChI=1S/C45H67N7O12/c1-27-23-28(15-17-34(27)53)29-16-18-35(54)30(24-29)25-32(51-42(61)64-45(8,9)10)38(57)50-31(13-11-19-47-40(59)62-43(2,3)4)37(56)49-26-36(55)52-22-12-14-33(52)39(58)46-20-21-48-41(60)63-44(5,6)7/h15-18,23-24,31-33,53-54H,11-14,19-22,25-26H2,1-10H3,(H,46,58)(H,47,59)(H,48,60)(H,49,56)(H,50,57)(H,51,61)/t31-,32?,33-/m0/s1. The number of aryl methyl sites for hydroxylation is 1. The summed E-state index contributed by atoms with van der Waals surface area (Å²) in [6.07, 6.45) is -1.44. The second-order valence-corrected chi connectivity index (χ2v) is 18.6. The number of aromatic hydroxyl groups is 2. The summed E-state index contributed by atoms with van der Waals surface area (Å²) in [7, 11) is 0. The Morgan fingerprint density at radius 3 is 1.81 bits per heavy atom. The van der Waals surface area contributed by atoms with Crippen LogP contribution in [0.3, 0.4) is 0 Å². The zero-order valence-electron chi connectivity index (χ0n) is 38.7. The molecule has 1 saturated heterocycles. The van der Waals surface area contributed by atoms with Crippen LogP contribution in [0, 0.1) is 6.92 Å². The van der Waals surface area contributed by atoms with Gasteiger partial charge in [-0.05, 0) is 141 Å². The monoisotopic (exact) mass is 897 g/mol. The molecule has 0 aliphatic carbocycles. The molecule has 19 heteroatoms. The van der Waals surface area contributed by atoms with Crippen molar-refractivity contribution in [2.45, 2.75) is 136 Å². The van der Waals surface area contributed by atoms with Crippen molar-refractivity contribution >= 4 is 41.9 Å². The van der Waals surface area contributed by atoms with Crippen molar-refractivity contribution in [3.05, 3.63) is 47.5 Å². The van der Waals surface area contributed by atoms with Gasteiger partial charge in [0.05, 0.1) is 6.54 Å². The lowest BCUT2D eigenvalue weighted by atomic mass is 9.97. The Bertz CT molecular complexity index is 1990. The first kappa shape index (κ1) is 52.1. The van der Waals surface area contributed by atoms with E-state index in [1.165, 1.54) is 17.0 Å². The van der Waals surface area contributed by atoms with E-state index in [0.29, 0.717) is 24.0 Å². The second-order valence-electron chi connectivity index (χ2n) is 18.6. The maximum absolute atomic E-state index is 14.2. The van der Waals surface area contributed by atoms with Gasteiger partial charge in [0, 0.05) is 32.6 Å². The van der Waals surface area contributed by atoms with Gasteiger partial charge in [0.2, 0.25) is 23.6 Å². The number of rotatable bonds is 17. The molecule has 1 aliphatic heterocycles. The van der Waals surface area contributed by atoms with Crippen LogP contribution >= 0.6 is 0 Å². The van der Waals surface area contributed by atoms with E-state index in [9.17, 15) is 43.8 Å². The Morgan fingerprint density at radius 1 is 0.672 bits per heavy atom. The zero-order valence-corrected chi connectivity index (χ0v) is 38.7. The smallest absolute Gasteiger partial charge is 0.408 e. The number of ether oxygens (including phenoxy) is 3. The van der Waals surface area contributed by atoms with Crippen LogP contribution in [0.4, 0.5) is 14.4 Å². The third kappa shape index (κ3) is 18.2. The van der Waals surface area contributed by atoms with Crippen molar-refractivity contribution < 1.29 is 58.0 Å². The Morgan fingerprint density at radius 2 is 1.22 bits per heavy atom. The van der Waals surface area contributed by atoms with Crippen LogP contribution in [0.2, 0.25) is 0 Å². The number of hydrogen-bond acceptors (Lipinski definition) is 12. The van der Waals surface area contributed by atoms with E-state index in [2.05, 4.69) is 31.9 Å². The molecule has 2 aromatic carbocycles. The van der Waals surface area contributed by atoms with Crippen molar-refractivity contribution in [1.29, 1.82) is 0 Å². The second kappa shape index (κ2) is 22.9. The summed E-state index contributed by atoms with van der Waals surface area (Å²) >= 11 is 0. The van der Waals surface area contributed by atoms with E-state index in [1.54, 1.807) is 93.5 Å². The Hall–Kier alpha value is -6.27. The van der Waals surface area contributed by atoms with E-state index in [4.69, 9.17) is 14.2 Å². The third-order valence-corrected chi connectivity index (χ3v) is 9.39. The summed E-state index contributed by atoms with van der Waals surface area (Å²) in [6, 6.07) is 6.24. The maximum Gasteiger partial charge on any atom is 0.408 e. The molecule has 0 saturated carbocycles. The molecule has 64 heavy (non-hydrogen) atoms. The minimum atomic E-state index is -1.39. The van der Waals surface area contributed by atoms with Gasteiger partial charge in [0.1, 0.15) is 46.4 Å². The highest BCUT2D eigenvalue weighted by molar-refractivity contribution is 5.94. The summed E-state index contributed by atoms with van der Waals surface area (Å²) < 4.78 is 15.9. The molecule has 354 valence electrons. The fraction of sp³-hybridized carbons (Fsp3) is 0.578. The third-order valence-electron chi connectivity index (χ3n) is 9.39. The van der Waals surface area contributed by atoms with Crippen LogP contribution < -0.4 is 31.9 Å². The number of carbonyl (C=O) groups excluding carboxylic acids is 7. The predicted molar refractivity (Wildman–Crippen MR) is 237 cm³/mol. The van der Waals surface area contributed by atoms with Crippen LogP contribution in [-0.2, 0) is 39.8 Å². The first-order chi connectivity index (χ1) is 29.7. The number of benzene rings is 2. The molecular formula is C45H67N7O12. The lowest BCUT2D eigenvalue weighted by molar-refractivity contribution is -0.139. The molecule has 1 unspecified atom stereocenters. The van der Waals surface area contributed by atoms with Crippen LogP contribution in [0.1, 0.15) is 99.1 Å². The van der Waals surface area contributed by atoms with Crippen LogP contribution in [0.15, 0.2) is 36.4 Å². The average molecular weight is 898 g/mol. The number of alkyl carbamates (subject to hydrolysis) is 3. The molecule has 1 aliphatic rings. The largest absolute Gasteiger partial charge is 0.508 e. The molecule has 2 aromatic rings. The lowest BCUT2D eigenvalue weighted by Crippen LogP contribution is -2.56. The predicted octanol–water partition coefficient (Wildman–Crippen LogP) is 4.05. The molecule has 8 N–H and O–H groups in total. The highest BCUT2D eigenvalue weighted by Gasteiger charge is 2.35. The van der Waals surface area contributed by atoms with Gasteiger partial charge in [0.25, 0.3) is 0 Å². The number of phenolic OH excluding ortho intramolecular Hbond substituents is 2. The molecule has 0 aromatic heterocycles. The fourth-order valence-corrected chi connectivity index (χ4v) is 6.50. The normalized spacial score (nSPS) is 14.9. The van der Waals surface area contributed by atoms with E-state index >= 15 is 0 Å². The highest BCUT2D eigenvalue weighted by Crippen LogP contribution is 2.30. The van der Waals surface area contributed by atoms with Crippen molar-refractivity contribution in [1.82, 2.24) is 36.8 Å². The molecular weight excluding hydrogens is 831 g/mol. The summed E-state index contributed by atoms with van der Waals surface area (Å²) in [6.45, 7) is 17.0. The molecule has 7 amide bonds. The number of likely N-dealkylation sites (tertiary alicyclic amines) is 1. The number of carbonyl (C=O) groups is 7. The van der Waals surface area contributed by atoms with Gasteiger partial charge in [-0.15, -0.1) is 0 Å². The Kier molecular flexibility index (Phi) is 18.6. The fourth-order valence-electron chi connectivity index (χ4n) is 6.50. The summed E-state index contributed by atoms with van der Waals surface area (Å²) in [5.41, 5.74) is -0.112. The first-order valence-electron chi connectivity index (χ1n) is 21.4.